The second-order valence-electron chi connectivity index (χ2n) is 19.0. The Kier molecular flexibility index (Phi) is 8.43. The molecule has 1 nitrogen and oxygen atoms in total. The normalized spacial score (nSPS) is 13.9. The summed E-state index contributed by atoms with van der Waals surface area (Å²) in [7, 11) is 0. The first kappa shape index (κ1) is 39.4. The van der Waals surface area contributed by atoms with Crippen LogP contribution in [0.5, 0.6) is 0 Å². The van der Waals surface area contributed by atoms with E-state index in [0.717, 1.165) is 17.1 Å². The van der Waals surface area contributed by atoms with Crippen LogP contribution in [0.4, 0.5) is 17.1 Å². The molecule has 3 aliphatic carbocycles. The predicted molar refractivity (Wildman–Crippen MR) is 293 cm³/mol. The van der Waals surface area contributed by atoms with Crippen LogP contribution in [-0.2, 0) is 10.8 Å². The number of rotatable bonds is 6. The van der Waals surface area contributed by atoms with Gasteiger partial charge in [-0.1, -0.05) is 212 Å². The molecule has 11 aromatic carbocycles. The summed E-state index contributed by atoms with van der Waals surface area (Å²) >= 11 is 1.87. The Morgan fingerprint density at radius 2 is 0.786 bits per heavy atom. The van der Waals surface area contributed by atoms with Gasteiger partial charge in [0.05, 0.1) is 16.5 Å². The summed E-state index contributed by atoms with van der Waals surface area (Å²) in [6, 6.07) is 98.2. The number of hydrogen-bond donors (Lipinski definition) is 0. The highest BCUT2D eigenvalue weighted by Gasteiger charge is 2.52. The summed E-state index contributed by atoms with van der Waals surface area (Å²) in [5, 5.41) is 2.61. The minimum absolute atomic E-state index is 0.484. The molecule has 1 spiro atoms. The molecule has 1 heterocycles. The first-order valence-corrected chi connectivity index (χ1v) is 25.1. The summed E-state index contributed by atoms with van der Waals surface area (Å²) in [4.78, 5) is 2.56. The Morgan fingerprint density at radius 3 is 1.46 bits per heavy atom. The van der Waals surface area contributed by atoms with Crippen LogP contribution >= 0.6 is 11.3 Å². The number of fused-ring (bicyclic) bond motifs is 16. The molecule has 0 bridgehead atoms. The molecule has 0 fully saturated rings. The smallest absolute Gasteiger partial charge is 0.0726 e. The highest BCUT2D eigenvalue weighted by atomic mass is 32.1. The molecule has 2 heteroatoms. The van der Waals surface area contributed by atoms with Gasteiger partial charge in [-0.2, -0.15) is 0 Å². The quantitative estimate of drug-likeness (QED) is 0.161. The van der Waals surface area contributed by atoms with Crippen molar-refractivity contribution in [2.75, 3.05) is 4.90 Å². The van der Waals surface area contributed by atoms with Gasteiger partial charge in [0.15, 0.2) is 0 Å². The Bertz CT molecular complexity index is 3980. The molecule has 0 amide bonds. The summed E-state index contributed by atoms with van der Waals surface area (Å²) in [5.41, 5.74) is 22.8. The first-order chi connectivity index (χ1) is 34.7. The highest BCUT2D eigenvalue weighted by Crippen LogP contribution is 2.64. The van der Waals surface area contributed by atoms with Gasteiger partial charge in [-0.25, -0.2) is 0 Å². The third-order valence-electron chi connectivity index (χ3n) is 15.8. The van der Waals surface area contributed by atoms with Crippen molar-refractivity contribution >= 4 is 48.6 Å². The maximum atomic E-state index is 2.56. The van der Waals surface area contributed by atoms with E-state index in [0.29, 0.717) is 0 Å². The lowest BCUT2D eigenvalue weighted by molar-refractivity contribution is 0.768. The second-order valence-corrected chi connectivity index (χ2v) is 20.1. The monoisotopic (exact) mass is 905 g/mol. The predicted octanol–water partition coefficient (Wildman–Crippen LogP) is 17.9. The fourth-order valence-corrected chi connectivity index (χ4v) is 14.1. The molecule has 0 saturated carbocycles. The molecule has 1 aromatic heterocycles. The Hall–Kier alpha value is -8.56. The van der Waals surface area contributed by atoms with Crippen molar-refractivity contribution in [1.82, 2.24) is 0 Å². The zero-order valence-corrected chi connectivity index (χ0v) is 39.0. The summed E-state index contributed by atoms with van der Waals surface area (Å²) in [5.74, 6) is 0. The molecule has 3 aliphatic rings. The van der Waals surface area contributed by atoms with Crippen LogP contribution in [0.1, 0.15) is 44.5 Å². The van der Waals surface area contributed by atoms with Gasteiger partial charge in [-0.05, 0) is 132 Å². The van der Waals surface area contributed by atoms with Gasteiger partial charge in [0.1, 0.15) is 0 Å². The van der Waals surface area contributed by atoms with Gasteiger partial charge >= 0.3 is 0 Å². The van der Waals surface area contributed by atoms with E-state index in [2.05, 4.69) is 266 Å². The van der Waals surface area contributed by atoms with Gasteiger partial charge in [0.2, 0.25) is 0 Å². The third kappa shape index (κ3) is 5.26. The van der Waals surface area contributed by atoms with E-state index in [-0.39, 0.29) is 0 Å². The lowest BCUT2D eigenvalue weighted by atomic mass is 9.68. The topological polar surface area (TPSA) is 3.24 Å². The van der Waals surface area contributed by atoms with Gasteiger partial charge in [-0.3, -0.25) is 0 Å². The van der Waals surface area contributed by atoms with Crippen molar-refractivity contribution in [2.45, 2.75) is 10.8 Å². The van der Waals surface area contributed by atoms with Crippen molar-refractivity contribution in [1.29, 1.82) is 0 Å². The average molecular weight is 906 g/mol. The summed E-state index contributed by atoms with van der Waals surface area (Å²) < 4.78 is 2.63. The maximum Gasteiger partial charge on any atom is 0.0726 e. The van der Waals surface area contributed by atoms with Gasteiger partial charge in [-0.15, -0.1) is 11.3 Å². The van der Waals surface area contributed by atoms with Gasteiger partial charge in [0, 0.05) is 37.1 Å². The van der Waals surface area contributed by atoms with E-state index < -0.39 is 10.8 Å². The number of hydrogen-bond acceptors (Lipinski definition) is 2. The van der Waals surface area contributed by atoms with Crippen molar-refractivity contribution in [3.63, 3.8) is 0 Å². The van der Waals surface area contributed by atoms with Crippen molar-refractivity contribution in [2.24, 2.45) is 0 Å². The molecule has 0 radical (unpaired) electrons. The van der Waals surface area contributed by atoms with E-state index in [1.807, 2.05) is 11.3 Å². The number of benzene rings is 11. The zero-order valence-electron chi connectivity index (χ0n) is 38.2. The average Bonchev–Trinajstić information content (AvgIpc) is 4.15. The lowest BCUT2D eigenvalue weighted by Crippen LogP contribution is -2.28. The maximum absolute atomic E-state index is 2.56. The summed E-state index contributed by atoms with van der Waals surface area (Å²) in [6.07, 6.45) is 0. The van der Waals surface area contributed by atoms with Crippen LogP contribution in [0, 0.1) is 0 Å². The Balaban J connectivity index is 1.02. The molecule has 0 saturated heterocycles. The Morgan fingerprint density at radius 1 is 0.286 bits per heavy atom. The van der Waals surface area contributed by atoms with E-state index in [4.69, 9.17) is 0 Å². The van der Waals surface area contributed by atoms with Crippen molar-refractivity contribution < 1.29 is 0 Å². The SMILES string of the molecule is c1ccc(C2(c3ccccc3)c3ccccc3-c3c(N(c4cccc(-c5ccc6sc7ccccc7c6c5)c4)c4ccc5c(c4)C4(c6ccccc6-c6ccccc64)c4ccccc4-5)cccc32)cc1. The third-order valence-corrected chi connectivity index (χ3v) is 16.9. The zero-order chi connectivity index (χ0) is 46.0. The van der Waals surface area contributed by atoms with E-state index in [1.54, 1.807) is 0 Å². The largest absolute Gasteiger partial charge is 0.310 e. The highest BCUT2D eigenvalue weighted by molar-refractivity contribution is 7.25. The fourth-order valence-electron chi connectivity index (χ4n) is 13.0. The van der Waals surface area contributed by atoms with Crippen LogP contribution < -0.4 is 4.90 Å². The standard InChI is InChI=1S/C68H43NS/c1-3-20-46(21-4-1)67(47-22-5-2-6-23-47)60-33-15-10-29-55(60)66-61(67)34-18-35-63(66)69(48-24-17-19-44(41-48)45-37-40-65-56(42-45)54-28-11-16-36-64(54)70-65)49-38-39-53-52-27-9-14-32-59(52)68(62(53)43-49)57-30-12-7-25-50(57)51-26-8-13-31-58(51)68/h1-43H. The van der Waals surface area contributed by atoms with Gasteiger partial charge in [0.25, 0.3) is 0 Å². The van der Waals surface area contributed by atoms with Crippen molar-refractivity contribution in [3.05, 3.63) is 305 Å². The summed E-state index contributed by atoms with van der Waals surface area (Å²) in [6.45, 7) is 0. The van der Waals surface area contributed by atoms with Crippen molar-refractivity contribution in [3.8, 4) is 44.5 Å². The molecule has 0 atom stereocenters. The number of nitrogens with zero attached hydrogens (tertiary/aromatic N) is 1. The van der Waals surface area contributed by atoms with Crippen LogP contribution in [0.3, 0.4) is 0 Å². The first-order valence-electron chi connectivity index (χ1n) is 24.3. The van der Waals surface area contributed by atoms with Crippen LogP contribution in [-0.4, -0.2) is 0 Å². The number of anilines is 3. The molecule has 70 heavy (non-hydrogen) atoms. The van der Waals surface area contributed by atoms with E-state index in [9.17, 15) is 0 Å². The molecule has 15 rings (SSSR count). The fraction of sp³-hybridized carbons (Fsp3) is 0.0294. The van der Waals surface area contributed by atoms with Crippen LogP contribution in [0.2, 0.25) is 0 Å². The van der Waals surface area contributed by atoms with Crippen LogP contribution in [0.15, 0.2) is 261 Å². The molecular formula is C68H43NS. The molecule has 0 unspecified atom stereocenters. The Labute approximate surface area is 411 Å². The van der Waals surface area contributed by atoms with E-state index >= 15 is 0 Å². The van der Waals surface area contributed by atoms with Crippen LogP contribution in [0.25, 0.3) is 64.7 Å². The molecule has 12 aromatic rings. The molecule has 0 aliphatic heterocycles. The minimum Gasteiger partial charge on any atom is -0.310 e. The molecular weight excluding hydrogens is 863 g/mol. The van der Waals surface area contributed by atoms with E-state index in [1.165, 1.54) is 109 Å². The lowest BCUT2D eigenvalue weighted by Gasteiger charge is -2.35. The molecule has 326 valence electrons. The van der Waals surface area contributed by atoms with Gasteiger partial charge < -0.3 is 4.90 Å². The minimum atomic E-state index is -0.544. The second kappa shape index (κ2) is 15.0. The number of thiophene rings is 1. The molecule has 0 N–H and O–H groups in total.